The van der Waals surface area contributed by atoms with Gasteiger partial charge in [-0.1, -0.05) is 0 Å². The first-order valence-electron chi connectivity index (χ1n) is 7.80. The van der Waals surface area contributed by atoms with Crippen LogP contribution in [0, 0.1) is 0 Å². The summed E-state index contributed by atoms with van der Waals surface area (Å²) >= 11 is 0. The number of nitrogens with zero attached hydrogens (tertiary/aromatic N) is 1. The molecule has 0 radical (unpaired) electrons. The quantitative estimate of drug-likeness (QED) is 0.897. The second-order valence-electron chi connectivity index (χ2n) is 7.07. The second-order valence-corrected chi connectivity index (χ2v) is 7.07. The Kier molecular flexibility index (Phi) is 4.96. The van der Waals surface area contributed by atoms with Gasteiger partial charge >= 0.3 is 6.09 Å². The van der Waals surface area contributed by atoms with Crippen LogP contribution in [0.3, 0.4) is 0 Å². The molecule has 5 heteroatoms. The average Bonchev–Trinajstić information content (AvgIpc) is 2.68. The number of rotatable bonds is 3. The minimum Gasteiger partial charge on any atom is -0.444 e. The topological polar surface area (TPSA) is 53.6 Å². The highest BCUT2D eigenvalue weighted by molar-refractivity contribution is 5.85. The molecule has 1 aliphatic rings. The molecular weight excluding hydrogens is 278 g/mol. The molecule has 0 bridgehead atoms. The Bertz CT molecular complexity index is 498. The van der Waals surface area contributed by atoms with Gasteiger partial charge in [0.15, 0.2) is 0 Å². The summed E-state index contributed by atoms with van der Waals surface area (Å²) in [5.41, 5.74) is 1.32. The zero-order valence-corrected chi connectivity index (χ0v) is 14.1. The maximum Gasteiger partial charge on any atom is 0.412 e. The van der Waals surface area contributed by atoms with E-state index in [1.54, 1.807) is 0 Å². The van der Waals surface area contributed by atoms with Gasteiger partial charge in [-0.15, -0.1) is 0 Å². The van der Waals surface area contributed by atoms with Crippen molar-refractivity contribution in [3.63, 3.8) is 0 Å². The summed E-state index contributed by atoms with van der Waals surface area (Å²) < 4.78 is 5.23. The summed E-state index contributed by atoms with van der Waals surface area (Å²) in [4.78, 5) is 14.1. The van der Waals surface area contributed by atoms with Crippen molar-refractivity contribution in [1.82, 2.24) is 4.90 Å². The number of amides is 1. The van der Waals surface area contributed by atoms with Crippen molar-refractivity contribution in [2.45, 2.75) is 51.8 Å². The van der Waals surface area contributed by atoms with Crippen molar-refractivity contribution in [2.24, 2.45) is 0 Å². The van der Waals surface area contributed by atoms with Crippen LogP contribution in [0.2, 0.25) is 0 Å². The zero-order valence-electron chi connectivity index (χ0n) is 14.1. The molecule has 2 rings (SSSR count). The molecule has 22 heavy (non-hydrogen) atoms. The first-order chi connectivity index (χ1) is 10.2. The van der Waals surface area contributed by atoms with E-state index in [9.17, 15) is 4.79 Å². The number of hydrogen-bond acceptors (Lipinski definition) is 4. The highest BCUT2D eigenvalue weighted by atomic mass is 16.6. The minimum absolute atomic E-state index is 0.431. The first kappa shape index (κ1) is 16.6. The van der Waals surface area contributed by atoms with Crippen LogP contribution in [0.4, 0.5) is 16.2 Å². The summed E-state index contributed by atoms with van der Waals surface area (Å²) in [6.45, 7) is 8.84. The standard InChI is InChI=1S/C17H27N3O2/c1-12-10-15(11-20(12)5)18-13-6-8-14(9-7-13)19-16(21)22-17(2,3)4/h6-9,12,15,18H,10-11H2,1-5H3,(H,19,21). The molecule has 0 spiro atoms. The third-order valence-electron chi connectivity index (χ3n) is 3.79. The zero-order chi connectivity index (χ0) is 16.3. The maximum atomic E-state index is 11.7. The van der Waals surface area contributed by atoms with E-state index in [1.807, 2.05) is 45.0 Å². The van der Waals surface area contributed by atoms with E-state index in [1.165, 1.54) is 0 Å². The first-order valence-corrected chi connectivity index (χ1v) is 7.80. The molecule has 2 unspecified atom stereocenters. The third-order valence-corrected chi connectivity index (χ3v) is 3.79. The van der Waals surface area contributed by atoms with Crippen LogP contribution in [-0.4, -0.2) is 42.3 Å². The van der Waals surface area contributed by atoms with E-state index >= 15 is 0 Å². The average molecular weight is 305 g/mol. The maximum absolute atomic E-state index is 11.7. The minimum atomic E-state index is -0.489. The monoisotopic (exact) mass is 305 g/mol. The fourth-order valence-corrected chi connectivity index (χ4v) is 2.61. The van der Waals surface area contributed by atoms with Gasteiger partial charge in [0.1, 0.15) is 5.60 Å². The van der Waals surface area contributed by atoms with Gasteiger partial charge < -0.3 is 15.0 Å². The van der Waals surface area contributed by atoms with E-state index in [0.717, 1.165) is 24.3 Å². The van der Waals surface area contributed by atoms with Gasteiger partial charge in [0.05, 0.1) is 0 Å². The Morgan fingerprint density at radius 2 is 1.82 bits per heavy atom. The van der Waals surface area contributed by atoms with E-state index in [0.29, 0.717) is 12.1 Å². The van der Waals surface area contributed by atoms with Crippen molar-refractivity contribution >= 4 is 17.5 Å². The fraction of sp³-hybridized carbons (Fsp3) is 0.588. The van der Waals surface area contributed by atoms with Gasteiger partial charge in [-0.05, 0) is 65.4 Å². The summed E-state index contributed by atoms with van der Waals surface area (Å²) in [6, 6.07) is 8.82. The Hall–Kier alpha value is -1.75. The number of ether oxygens (including phenoxy) is 1. The van der Waals surface area contributed by atoms with Crippen LogP contribution in [0.5, 0.6) is 0 Å². The SMILES string of the molecule is CC1CC(Nc2ccc(NC(=O)OC(C)(C)C)cc2)CN1C. The Morgan fingerprint density at radius 1 is 1.23 bits per heavy atom. The number of carbonyl (C=O) groups excluding carboxylic acids is 1. The van der Waals surface area contributed by atoms with Crippen molar-refractivity contribution in [3.05, 3.63) is 24.3 Å². The van der Waals surface area contributed by atoms with Gasteiger partial charge in [-0.25, -0.2) is 4.79 Å². The molecule has 1 aliphatic heterocycles. The number of anilines is 2. The normalized spacial score (nSPS) is 22.4. The second kappa shape index (κ2) is 6.57. The summed E-state index contributed by atoms with van der Waals surface area (Å²) in [5, 5.41) is 6.27. The van der Waals surface area contributed by atoms with Gasteiger partial charge in [0, 0.05) is 30.0 Å². The van der Waals surface area contributed by atoms with E-state index in [4.69, 9.17) is 4.74 Å². The predicted molar refractivity (Wildman–Crippen MR) is 90.4 cm³/mol. The number of likely N-dealkylation sites (tertiary alicyclic amines) is 1. The molecule has 1 amide bonds. The Morgan fingerprint density at radius 3 is 2.32 bits per heavy atom. The van der Waals surface area contributed by atoms with Crippen LogP contribution in [0.25, 0.3) is 0 Å². The smallest absolute Gasteiger partial charge is 0.412 e. The molecule has 0 aliphatic carbocycles. The number of hydrogen-bond donors (Lipinski definition) is 2. The molecular formula is C17H27N3O2. The molecule has 1 heterocycles. The van der Waals surface area contributed by atoms with E-state index < -0.39 is 11.7 Å². The van der Waals surface area contributed by atoms with Gasteiger partial charge in [0.2, 0.25) is 0 Å². The van der Waals surface area contributed by atoms with Gasteiger partial charge in [0.25, 0.3) is 0 Å². The molecule has 122 valence electrons. The van der Waals surface area contributed by atoms with Crippen LogP contribution in [0.1, 0.15) is 34.1 Å². The summed E-state index contributed by atoms with van der Waals surface area (Å²) in [7, 11) is 2.15. The van der Waals surface area contributed by atoms with Crippen molar-refractivity contribution in [1.29, 1.82) is 0 Å². The molecule has 1 aromatic carbocycles. The van der Waals surface area contributed by atoms with Crippen molar-refractivity contribution < 1.29 is 9.53 Å². The Labute approximate surface area is 133 Å². The largest absolute Gasteiger partial charge is 0.444 e. The molecule has 1 aromatic rings. The van der Waals surface area contributed by atoms with Crippen LogP contribution < -0.4 is 10.6 Å². The third kappa shape index (κ3) is 4.91. The predicted octanol–water partition coefficient (Wildman–Crippen LogP) is 3.54. The lowest BCUT2D eigenvalue weighted by Crippen LogP contribution is -2.27. The van der Waals surface area contributed by atoms with Crippen molar-refractivity contribution in [2.75, 3.05) is 24.2 Å². The lowest BCUT2D eigenvalue weighted by atomic mass is 10.2. The highest BCUT2D eigenvalue weighted by Crippen LogP contribution is 2.21. The number of benzene rings is 1. The van der Waals surface area contributed by atoms with Gasteiger partial charge in [-0.3, -0.25) is 5.32 Å². The molecule has 1 saturated heterocycles. The number of nitrogens with one attached hydrogen (secondary N) is 2. The van der Waals surface area contributed by atoms with Gasteiger partial charge in [-0.2, -0.15) is 0 Å². The van der Waals surface area contributed by atoms with Crippen LogP contribution in [-0.2, 0) is 4.74 Å². The summed E-state index contributed by atoms with van der Waals surface area (Å²) in [6.07, 6.45) is 0.716. The summed E-state index contributed by atoms with van der Waals surface area (Å²) in [5.74, 6) is 0. The number of carbonyl (C=O) groups is 1. The highest BCUT2D eigenvalue weighted by Gasteiger charge is 2.25. The molecule has 0 aromatic heterocycles. The number of likely N-dealkylation sites (N-methyl/N-ethyl adjacent to an activating group) is 1. The lowest BCUT2D eigenvalue weighted by molar-refractivity contribution is 0.0636. The van der Waals surface area contributed by atoms with E-state index in [-0.39, 0.29) is 0 Å². The van der Waals surface area contributed by atoms with Crippen LogP contribution in [0.15, 0.2) is 24.3 Å². The van der Waals surface area contributed by atoms with Crippen molar-refractivity contribution in [3.8, 4) is 0 Å². The van der Waals surface area contributed by atoms with E-state index in [2.05, 4.69) is 29.5 Å². The lowest BCUT2D eigenvalue weighted by Gasteiger charge is -2.20. The molecule has 2 N–H and O–H groups in total. The molecule has 2 atom stereocenters. The fourth-order valence-electron chi connectivity index (χ4n) is 2.61. The Balaban J connectivity index is 1.87. The molecule has 0 saturated carbocycles. The molecule has 1 fully saturated rings. The van der Waals surface area contributed by atoms with Crippen LogP contribution >= 0.6 is 0 Å². The molecule has 5 nitrogen and oxygen atoms in total.